The second-order valence-electron chi connectivity index (χ2n) is 5.41. The third kappa shape index (κ3) is 4.62. The number of aryl methyl sites for hydroxylation is 2. The van der Waals surface area contributed by atoms with Gasteiger partial charge in [-0.1, -0.05) is 12.1 Å². The minimum Gasteiger partial charge on any atom is -0.483 e. The fraction of sp³-hybridized carbons (Fsp3) is 0.222. The van der Waals surface area contributed by atoms with Gasteiger partial charge in [0.15, 0.2) is 6.61 Å². The topological polar surface area (TPSA) is 50.7 Å². The van der Waals surface area contributed by atoms with Gasteiger partial charge in [-0.05, 0) is 50.1 Å². The number of hydrogen-bond donors (Lipinski definition) is 1. The Morgan fingerprint density at radius 3 is 2.62 bits per heavy atom. The number of carbonyl (C=O) groups is 1. The van der Waals surface area contributed by atoms with Crippen LogP contribution in [0.3, 0.4) is 0 Å². The van der Waals surface area contributed by atoms with Crippen LogP contribution in [-0.2, 0) is 4.79 Å². The molecule has 0 aromatic heterocycles. The zero-order chi connectivity index (χ0) is 17.7. The number of hydrazone groups is 1. The van der Waals surface area contributed by atoms with E-state index in [0.29, 0.717) is 5.75 Å². The molecule has 0 unspecified atom stereocenters. The first-order valence-corrected chi connectivity index (χ1v) is 7.35. The molecule has 0 aliphatic rings. The van der Waals surface area contributed by atoms with Crippen molar-refractivity contribution in [1.82, 2.24) is 5.43 Å². The second kappa shape index (κ2) is 7.68. The van der Waals surface area contributed by atoms with E-state index in [4.69, 9.17) is 4.74 Å². The van der Waals surface area contributed by atoms with Gasteiger partial charge < -0.3 is 4.74 Å². The van der Waals surface area contributed by atoms with Crippen LogP contribution < -0.4 is 10.2 Å². The molecular weight excluding hydrogens is 314 g/mol. The SMILES string of the molecule is C/C(=N/NC(=O)COc1cc(C)ccc1C)c1ccc(F)cc1F. The third-order valence-corrected chi connectivity index (χ3v) is 3.37. The highest BCUT2D eigenvalue weighted by Crippen LogP contribution is 2.18. The predicted molar refractivity (Wildman–Crippen MR) is 88.1 cm³/mol. The Balaban J connectivity index is 1.95. The minimum absolute atomic E-state index is 0.118. The molecule has 2 aromatic rings. The Morgan fingerprint density at radius 2 is 1.92 bits per heavy atom. The third-order valence-electron chi connectivity index (χ3n) is 3.37. The largest absolute Gasteiger partial charge is 0.483 e. The van der Waals surface area contributed by atoms with E-state index in [9.17, 15) is 13.6 Å². The van der Waals surface area contributed by atoms with Crippen LogP contribution in [0.1, 0.15) is 23.6 Å². The molecule has 1 amide bonds. The number of nitrogens with one attached hydrogen (secondary N) is 1. The Bertz CT molecular complexity index is 789. The van der Waals surface area contributed by atoms with Crippen molar-refractivity contribution in [2.45, 2.75) is 20.8 Å². The smallest absolute Gasteiger partial charge is 0.277 e. The van der Waals surface area contributed by atoms with Gasteiger partial charge in [0.1, 0.15) is 17.4 Å². The summed E-state index contributed by atoms with van der Waals surface area (Å²) in [5, 5.41) is 3.81. The summed E-state index contributed by atoms with van der Waals surface area (Å²) in [5.41, 5.74) is 4.58. The van der Waals surface area contributed by atoms with Crippen molar-refractivity contribution in [3.63, 3.8) is 0 Å². The van der Waals surface area contributed by atoms with Gasteiger partial charge in [-0.2, -0.15) is 5.10 Å². The molecule has 0 radical (unpaired) electrons. The lowest BCUT2D eigenvalue weighted by Gasteiger charge is -2.09. The molecule has 24 heavy (non-hydrogen) atoms. The van der Waals surface area contributed by atoms with E-state index < -0.39 is 17.5 Å². The summed E-state index contributed by atoms with van der Waals surface area (Å²) in [6.07, 6.45) is 0. The highest BCUT2D eigenvalue weighted by Gasteiger charge is 2.08. The Labute approximate surface area is 139 Å². The van der Waals surface area contributed by atoms with Crippen molar-refractivity contribution in [2.75, 3.05) is 6.61 Å². The maximum Gasteiger partial charge on any atom is 0.277 e. The Morgan fingerprint density at radius 1 is 1.17 bits per heavy atom. The molecule has 6 heteroatoms. The number of amides is 1. The van der Waals surface area contributed by atoms with E-state index in [2.05, 4.69) is 10.5 Å². The molecule has 0 fully saturated rings. The molecule has 0 bridgehead atoms. The number of ether oxygens (including phenoxy) is 1. The van der Waals surface area contributed by atoms with Crippen LogP contribution in [0.5, 0.6) is 5.75 Å². The van der Waals surface area contributed by atoms with Crippen LogP contribution in [0.2, 0.25) is 0 Å². The quantitative estimate of drug-likeness (QED) is 0.673. The van der Waals surface area contributed by atoms with Crippen LogP contribution in [0.15, 0.2) is 41.5 Å². The molecule has 0 atom stereocenters. The maximum absolute atomic E-state index is 13.6. The number of hydrogen-bond acceptors (Lipinski definition) is 3. The Hall–Kier alpha value is -2.76. The van der Waals surface area contributed by atoms with Crippen molar-refractivity contribution in [2.24, 2.45) is 5.10 Å². The average Bonchev–Trinajstić information content (AvgIpc) is 2.53. The number of carbonyl (C=O) groups excluding carboxylic acids is 1. The molecular formula is C18H18F2N2O2. The first-order chi connectivity index (χ1) is 11.4. The highest BCUT2D eigenvalue weighted by atomic mass is 19.1. The van der Waals surface area contributed by atoms with Gasteiger partial charge in [0.05, 0.1) is 5.71 Å². The van der Waals surface area contributed by atoms with Crippen molar-refractivity contribution < 1.29 is 18.3 Å². The minimum atomic E-state index is -0.739. The zero-order valence-electron chi connectivity index (χ0n) is 13.7. The van der Waals surface area contributed by atoms with Gasteiger partial charge >= 0.3 is 0 Å². The predicted octanol–water partition coefficient (Wildman–Crippen LogP) is 3.50. The van der Waals surface area contributed by atoms with E-state index >= 15 is 0 Å². The normalized spacial score (nSPS) is 11.3. The molecule has 2 rings (SSSR count). The van der Waals surface area contributed by atoms with Crippen LogP contribution in [0.4, 0.5) is 8.78 Å². The molecule has 2 aromatic carbocycles. The molecule has 0 spiro atoms. The summed E-state index contributed by atoms with van der Waals surface area (Å²) in [5.74, 6) is -1.26. The van der Waals surface area contributed by atoms with Crippen molar-refractivity contribution in [3.05, 3.63) is 64.7 Å². The lowest BCUT2D eigenvalue weighted by atomic mass is 10.1. The van der Waals surface area contributed by atoms with Gasteiger partial charge in [-0.25, -0.2) is 14.2 Å². The molecule has 0 heterocycles. The standard InChI is InChI=1S/C18H18F2N2O2/c1-11-4-5-12(2)17(8-11)24-10-18(23)22-21-13(3)15-7-6-14(19)9-16(15)20/h4-9H,10H2,1-3H3,(H,22,23)/b21-13-. The number of halogens is 2. The summed E-state index contributed by atoms with van der Waals surface area (Å²) in [7, 11) is 0. The number of rotatable bonds is 5. The van der Waals surface area contributed by atoms with Crippen LogP contribution in [-0.4, -0.2) is 18.2 Å². The lowest BCUT2D eigenvalue weighted by Crippen LogP contribution is -2.26. The van der Waals surface area contributed by atoms with E-state index in [0.717, 1.165) is 23.3 Å². The van der Waals surface area contributed by atoms with E-state index in [-0.39, 0.29) is 17.9 Å². The molecule has 0 saturated carbocycles. The highest BCUT2D eigenvalue weighted by molar-refractivity contribution is 5.99. The van der Waals surface area contributed by atoms with Gasteiger partial charge in [0.25, 0.3) is 5.91 Å². The first kappa shape index (κ1) is 17.6. The molecule has 0 aliphatic carbocycles. The molecule has 126 valence electrons. The van der Waals surface area contributed by atoms with E-state index in [1.165, 1.54) is 13.0 Å². The number of nitrogens with zero attached hydrogens (tertiary/aromatic N) is 1. The molecule has 0 aliphatic heterocycles. The summed E-state index contributed by atoms with van der Waals surface area (Å²) in [4.78, 5) is 11.8. The van der Waals surface area contributed by atoms with Crippen LogP contribution >= 0.6 is 0 Å². The van der Waals surface area contributed by atoms with Gasteiger partial charge in [0.2, 0.25) is 0 Å². The monoisotopic (exact) mass is 332 g/mol. The van der Waals surface area contributed by atoms with Crippen molar-refractivity contribution in [3.8, 4) is 5.75 Å². The summed E-state index contributed by atoms with van der Waals surface area (Å²) in [6.45, 7) is 5.11. The van der Waals surface area contributed by atoms with E-state index in [1.54, 1.807) is 0 Å². The first-order valence-electron chi connectivity index (χ1n) is 7.35. The van der Waals surface area contributed by atoms with Crippen LogP contribution in [0.25, 0.3) is 0 Å². The van der Waals surface area contributed by atoms with Crippen LogP contribution in [0, 0.1) is 25.5 Å². The van der Waals surface area contributed by atoms with Gasteiger partial charge in [-0.15, -0.1) is 0 Å². The van der Waals surface area contributed by atoms with Crippen molar-refractivity contribution in [1.29, 1.82) is 0 Å². The van der Waals surface area contributed by atoms with Gasteiger partial charge in [-0.3, -0.25) is 4.79 Å². The molecule has 4 nitrogen and oxygen atoms in total. The lowest BCUT2D eigenvalue weighted by molar-refractivity contribution is -0.123. The summed E-state index contributed by atoms with van der Waals surface area (Å²) >= 11 is 0. The van der Waals surface area contributed by atoms with Crippen molar-refractivity contribution >= 4 is 11.6 Å². The maximum atomic E-state index is 13.6. The molecule has 0 saturated heterocycles. The number of benzene rings is 2. The fourth-order valence-corrected chi connectivity index (χ4v) is 2.03. The second-order valence-corrected chi connectivity index (χ2v) is 5.41. The average molecular weight is 332 g/mol. The Kier molecular flexibility index (Phi) is 5.63. The fourth-order valence-electron chi connectivity index (χ4n) is 2.03. The summed E-state index contributed by atoms with van der Waals surface area (Å²) in [6, 6.07) is 8.85. The summed E-state index contributed by atoms with van der Waals surface area (Å²) < 4.78 is 32.0. The van der Waals surface area contributed by atoms with E-state index in [1.807, 2.05) is 32.0 Å². The zero-order valence-corrected chi connectivity index (χ0v) is 13.7. The molecule has 1 N–H and O–H groups in total. The van der Waals surface area contributed by atoms with Gasteiger partial charge in [0, 0.05) is 11.6 Å².